The molecule has 3 N–H and O–H groups in total. The summed E-state index contributed by atoms with van der Waals surface area (Å²) in [5.41, 5.74) is 6.81. The molecule has 45 heavy (non-hydrogen) atoms. The van der Waals surface area contributed by atoms with Crippen LogP contribution in [0, 0.1) is 6.92 Å². The van der Waals surface area contributed by atoms with Gasteiger partial charge < -0.3 is 25.6 Å². The van der Waals surface area contributed by atoms with Crippen LogP contribution in [-0.2, 0) is 19.3 Å². The molecule has 1 aliphatic carbocycles. The lowest BCUT2D eigenvalue weighted by molar-refractivity contribution is -0.232. The monoisotopic (exact) mass is 645 g/mol. The number of oxime groups is 1. The molecule has 0 radical (unpaired) electrons. The van der Waals surface area contributed by atoms with Crippen molar-refractivity contribution >= 4 is 40.5 Å². The van der Waals surface area contributed by atoms with E-state index < -0.39 is 48.2 Å². The van der Waals surface area contributed by atoms with Crippen molar-refractivity contribution in [1.29, 1.82) is 0 Å². The Morgan fingerprint density at radius 1 is 1.00 bits per heavy atom. The second-order valence-electron chi connectivity index (χ2n) is 10.6. The fourth-order valence-corrected chi connectivity index (χ4v) is 5.15. The third-order valence-electron chi connectivity index (χ3n) is 7.27. The Balaban J connectivity index is 1.73. The maximum atomic E-state index is 13.5. The van der Waals surface area contributed by atoms with Crippen LogP contribution in [0.3, 0.4) is 0 Å². The lowest BCUT2D eigenvalue weighted by Crippen LogP contribution is -2.55. The normalized spacial score (nSPS) is 22.3. The van der Waals surface area contributed by atoms with Gasteiger partial charge in [-0.3, -0.25) is 4.79 Å². The summed E-state index contributed by atoms with van der Waals surface area (Å²) >= 11 is 0. The number of nitrogens with one attached hydrogen (secondary N) is 1. The second-order valence-corrected chi connectivity index (χ2v) is 10.6. The van der Waals surface area contributed by atoms with Gasteiger partial charge in [-0.05, 0) is 50.9 Å². The maximum Gasteiger partial charge on any atom is 0.493 e. The third-order valence-corrected chi connectivity index (χ3v) is 7.27. The van der Waals surface area contributed by atoms with Crippen LogP contribution in [0.15, 0.2) is 35.5 Å². The number of hydrogen-bond donors (Lipinski definition) is 2. The number of anilines is 1. The molecular weight excluding hydrogens is 616 g/mol. The first-order chi connectivity index (χ1) is 21.0. The number of benzene rings is 1. The molecule has 0 spiro atoms. The highest BCUT2D eigenvalue weighted by molar-refractivity contribution is 5.97. The Labute approximate surface area is 252 Å². The van der Waals surface area contributed by atoms with Crippen molar-refractivity contribution in [2.45, 2.75) is 83.0 Å². The summed E-state index contributed by atoms with van der Waals surface area (Å²) in [6.07, 6.45) is -6.16. The smallest absolute Gasteiger partial charge is 0.365 e. The molecule has 2 aromatic rings. The number of alkyl halides is 6. The van der Waals surface area contributed by atoms with Gasteiger partial charge in [0.05, 0.1) is 17.6 Å². The number of hydroxylamine groups is 2. The molecule has 1 aromatic heterocycles. The van der Waals surface area contributed by atoms with Gasteiger partial charge in [-0.1, -0.05) is 36.6 Å². The number of amides is 1. The van der Waals surface area contributed by atoms with Crippen LogP contribution in [0.2, 0.25) is 0 Å². The van der Waals surface area contributed by atoms with Gasteiger partial charge in [-0.15, -0.1) is 0 Å². The van der Waals surface area contributed by atoms with Crippen molar-refractivity contribution in [1.82, 2.24) is 19.9 Å². The average molecular weight is 646 g/mol. The fraction of sp³-hybridized carbons (Fsp3) is 0.481. The highest BCUT2D eigenvalue weighted by atomic mass is 19.4. The summed E-state index contributed by atoms with van der Waals surface area (Å²) < 4.78 is 77.4. The lowest BCUT2D eigenvalue weighted by atomic mass is 9.90. The van der Waals surface area contributed by atoms with E-state index in [0.29, 0.717) is 23.7 Å². The Bertz CT molecular complexity index is 1520. The molecule has 4 unspecified atom stereocenters. The van der Waals surface area contributed by atoms with E-state index >= 15 is 0 Å². The van der Waals surface area contributed by atoms with Gasteiger partial charge in [0.15, 0.2) is 0 Å². The molecule has 1 fully saturated rings. The number of nitrogens with zero attached hydrogens (tertiary/aromatic N) is 5. The van der Waals surface area contributed by atoms with Gasteiger partial charge in [0.2, 0.25) is 5.82 Å². The van der Waals surface area contributed by atoms with Crippen molar-refractivity contribution in [3.8, 4) is 0 Å². The number of carbonyl (C=O) groups excluding carboxylic acids is 3. The standard InChI is InChI=1S/C27H29F6N7O5/c1-13-8-11-17-16(12-13)20(37-21(35-17)22(41)39-14(2)9-10-15(39)3)36-18-6-4-5-7-19(18)40(45-24(43)27(31,32)33)25(34)38-44-23(42)26(28,29)30/h8-12,14-15,18-19H,4-7H2,1-3H3,(H2,34,38)(H,35,36,37). The Morgan fingerprint density at radius 2 is 1.62 bits per heavy atom. The summed E-state index contributed by atoms with van der Waals surface area (Å²) in [5, 5.41) is 6.51. The van der Waals surface area contributed by atoms with Crippen molar-refractivity contribution in [3.63, 3.8) is 0 Å². The first-order valence-electron chi connectivity index (χ1n) is 13.7. The number of rotatable bonds is 5. The highest BCUT2D eigenvalue weighted by Gasteiger charge is 2.46. The largest absolute Gasteiger partial charge is 0.493 e. The number of nitrogens with two attached hydrogens (primary N) is 1. The minimum atomic E-state index is -5.52. The van der Waals surface area contributed by atoms with E-state index in [2.05, 4.69) is 30.1 Å². The number of fused-ring (bicyclic) bond motifs is 1. The van der Waals surface area contributed by atoms with E-state index in [0.717, 1.165) is 5.56 Å². The van der Waals surface area contributed by atoms with Gasteiger partial charge in [-0.2, -0.15) is 31.4 Å². The zero-order valence-corrected chi connectivity index (χ0v) is 24.1. The number of halogens is 6. The molecule has 1 aliphatic heterocycles. The molecular formula is C27H29F6N7O5. The molecule has 1 aromatic carbocycles. The molecule has 2 aliphatic rings. The average Bonchev–Trinajstić information content (AvgIpc) is 3.30. The zero-order chi connectivity index (χ0) is 33.3. The number of carbonyl (C=O) groups is 3. The summed E-state index contributed by atoms with van der Waals surface area (Å²) in [6.45, 7) is 5.44. The molecule has 0 bridgehead atoms. The Kier molecular flexibility index (Phi) is 9.43. The fourth-order valence-electron chi connectivity index (χ4n) is 5.15. The van der Waals surface area contributed by atoms with Crippen molar-refractivity contribution in [2.24, 2.45) is 10.9 Å². The summed E-state index contributed by atoms with van der Waals surface area (Å²) in [4.78, 5) is 55.2. The van der Waals surface area contributed by atoms with Crippen molar-refractivity contribution in [2.75, 3.05) is 5.32 Å². The first-order valence-corrected chi connectivity index (χ1v) is 13.7. The van der Waals surface area contributed by atoms with Crippen LogP contribution in [0.1, 0.15) is 55.7 Å². The van der Waals surface area contributed by atoms with Gasteiger partial charge in [0.1, 0.15) is 5.82 Å². The molecule has 0 saturated heterocycles. The second kappa shape index (κ2) is 12.8. The van der Waals surface area contributed by atoms with Crippen LogP contribution in [0.25, 0.3) is 10.9 Å². The quantitative estimate of drug-likeness (QED) is 0.121. The van der Waals surface area contributed by atoms with Gasteiger partial charge in [0, 0.05) is 17.5 Å². The highest BCUT2D eigenvalue weighted by Crippen LogP contribution is 2.31. The van der Waals surface area contributed by atoms with Crippen LogP contribution in [-0.4, -0.2) is 80.3 Å². The molecule has 18 heteroatoms. The van der Waals surface area contributed by atoms with Crippen LogP contribution in [0.5, 0.6) is 0 Å². The van der Waals surface area contributed by atoms with E-state index in [1.54, 1.807) is 30.0 Å². The minimum absolute atomic E-state index is 0.00848. The molecule has 1 amide bonds. The number of aromatic nitrogens is 2. The predicted molar refractivity (Wildman–Crippen MR) is 146 cm³/mol. The zero-order valence-electron chi connectivity index (χ0n) is 24.1. The van der Waals surface area contributed by atoms with E-state index in [-0.39, 0.29) is 41.6 Å². The predicted octanol–water partition coefficient (Wildman–Crippen LogP) is 4.11. The summed E-state index contributed by atoms with van der Waals surface area (Å²) in [6, 6.07) is 2.48. The van der Waals surface area contributed by atoms with Gasteiger partial charge in [-0.25, -0.2) is 19.6 Å². The van der Waals surface area contributed by atoms with E-state index in [1.165, 1.54) is 0 Å². The van der Waals surface area contributed by atoms with Crippen LogP contribution < -0.4 is 11.1 Å². The van der Waals surface area contributed by atoms with E-state index in [1.807, 2.05) is 26.0 Å². The first kappa shape index (κ1) is 33.3. The maximum absolute atomic E-state index is 13.5. The van der Waals surface area contributed by atoms with E-state index in [9.17, 15) is 40.7 Å². The lowest BCUT2D eigenvalue weighted by Gasteiger charge is -2.39. The molecule has 4 atom stereocenters. The molecule has 1 saturated carbocycles. The van der Waals surface area contributed by atoms with Crippen LogP contribution >= 0.6 is 0 Å². The topological polar surface area (TPSA) is 152 Å². The van der Waals surface area contributed by atoms with Crippen molar-refractivity contribution < 1.29 is 50.4 Å². The Morgan fingerprint density at radius 3 is 2.24 bits per heavy atom. The minimum Gasteiger partial charge on any atom is -0.365 e. The molecule has 2 heterocycles. The van der Waals surface area contributed by atoms with Gasteiger partial charge in [0.25, 0.3) is 11.9 Å². The SMILES string of the molecule is Cc1ccc2nc(C(=O)N3C(C)C=CC3C)nc(NC3CCCCC3N(OC(=O)C(F)(F)F)/C(N)=N/OC(=O)C(F)(F)F)c2c1. The van der Waals surface area contributed by atoms with Crippen molar-refractivity contribution in [3.05, 3.63) is 41.7 Å². The molecule has 4 rings (SSSR count). The molecule has 12 nitrogen and oxygen atoms in total. The number of hydrogen-bond acceptors (Lipinski definition) is 9. The number of guanidine groups is 1. The molecule has 244 valence electrons. The summed E-state index contributed by atoms with van der Waals surface area (Å²) in [7, 11) is 0. The van der Waals surface area contributed by atoms with Crippen LogP contribution in [0.4, 0.5) is 32.2 Å². The van der Waals surface area contributed by atoms with Gasteiger partial charge >= 0.3 is 24.3 Å². The number of aryl methyl sites for hydroxylation is 1. The van der Waals surface area contributed by atoms with E-state index in [4.69, 9.17) is 5.73 Å². The summed E-state index contributed by atoms with van der Waals surface area (Å²) in [5.74, 6) is -7.32. The third kappa shape index (κ3) is 7.54. The Hall–Kier alpha value is -4.64.